The SMILES string of the molecule is CCC(C)(C)N(C)Cc1nc(Cl)c2ccsc2n1. The Morgan fingerprint density at radius 2 is 2.11 bits per heavy atom. The molecule has 2 aromatic rings. The van der Waals surface area contributed by atoms with Crippen molar-refractivity contribution in [2.24, 2.45) is 0 Å². The number of halogens is 1. The summed E-state index contributed by atoms with van der Waals surface area (Å²) in [4.78, 5) is 12.2. The summed E-state index contributed by atoms with van der Waals surface area (Å²) in [5, 5.41) is 3.50. The van der Waals surface area contributed by atoms with Gasteiger partial charge in [-0.3, -0.25) is 4.90 Å². The van der Waals surface area contributed by atoms with Gasteiger partial charge in [-0.15, -0.1) is 11.3 Å². The Morgan fingerprint density at radius 1 is 1.39 bits per heavy atom. The van der Waals surface area contributed by atoms with Crippen molar-refractivity contribution in [2.75, 3.05) is 7.05 Å². The van der Waals surface area contributed by atoms with Gasteiger partial charge < -0.3 is 0 Å². The molecule has 5 heteroatoms. The highest BCUT2D eigenvalue weighted by Crippen LogP contribution is 2.26. The van der Waals surface area contributed by atoms with Crippen LogP contribution in [0.4, 0.5) is 0 Å². The van der Waals surface area contributed by atoms with Crippen LogP contribution in [-0.2, 0) is 6.54 Å². The van der Waals surface area contributed by atoms with E-state index in [4.69, 9.17) is 11.6 Å². The quantitative estimate of drug-likeness (QED) is 0.795. The van der Waals surface area contributed by atoms with Gasteiger partial charge in [0.2, 0.25) is 0 Å². The standard InChI is InChI=1S/C13H18ClN3S/c1-5-13(2,3)17(4)8-10-15-11(14)9-6-7-18-12(9)16-10/h6-7H,5,8H2,1-4H3. The average molecular weight is 284 g/mol. The molecule has 0 atom stereocenters. The lowest BCUT2D eigenvalue weighted by molar-refractivity contribution is 0.139. The summed E-state index contributed by atoms with van der Waals surface area (Å²) < 4.78 is 0. The Kier molecular flexibility index (Phi) is 3.90. The third-order valence-electron chi connectivity index (χ3n) is 3.60. The Hall–Kier alpha value is -0.710. The summed E-state index contributed by atoms with van der Waals surface area (Å²) in [7, 11) is 2.10. The van der Waals surface area contributed by atoms with Crippen molar-refractivity contribution in [2.45, 2.75) is 39.3 Å². The monoisotopic (exact) mass is 283 g/mol. The molecule has 0 radical (unpaired) electrons. The molecule has 98 valence electrons. The van der Waals surface area contributed by atoms with E-state index in [1.165, 1.54) is 0 Å². The molecule has 0 spiro atoms. The fourth-order valence-electron chi connectivity index (χ4n) is 1.63. The van der Waals surface area contributed by atoms with E-state index in [0.29, 0.717) is 11.7 Å². The van der Waals surface area contributed by atoms with E-state index in [1.807, 2.05) is 11.4 Å². The number of nitrogens with zero attached hydrogens (tertiary/aromatic N) is 3. The molecule has 18 heavy (non-hydrogen) atoms. The van der Waals surface area contributed by atoms with Gasteiger partial charge in [0.1, 0.15) is 15.8 Å². The number of rotatable bonds is 4. The van der Waals surface area contributed by atoms with E-state index in [1.54, 1.807) is 11.3 Å². The third-order valence-corrected chi connectivity index (χ3v) is 4.70. The van der Waals surface area contributed by atoms with Gasteiger partial charge in [0.15, 0.2) is 0 Å². The van der Waals surface area contributed by atoms with E-state index in [9.17, 15) is 0 Å². The van der Waals surface area contributed by atoms with Crippen LogP contribution in [0.1, 0.15) is 33.0 Å². The maximum atomic E-state index is 6.17. The third kappa shape index (κ3) is 2.66. The molecule has 0 aliphatic carbocycles. The Labute approximate surface area is 117 Å². The number of aromatic nitrogens is 2. The first kappa shape index (κ1) is 13.7. The minimum Gasteiger partial charge on any atom is -0.294 e. The van der Waals surface area contributed by atoms with E-state index in [-0.39, 0.29) is 5.54 Å². The van der Waals surface area contributed by atoms with Crippen LogP contribution in [0.3, 0.4) is 0 Å². The van der Waals surface area contributed by atoms with Crippen molar-refractivity contribution in [1.29, 1.82) is 0 Å². The zero-order valence-corrected chi connectivity index (χ0v) is 12.8. The van der Waals surface area contributed by atoms with Gasteiger partial charge >= 0.3 is 0 Å². The Bertz CT molecular complexity index is 550. The van der Waals surface area contributed by atoms with Crippen molar-refractivity contribution in [3.63, 3.8) is 0 Å². The van der Waals surface area contributed by atoms with Crippen LogP contribution in [0.5, 0.6) is 0 Å². The second-order valence-corrected chi connectivity index (χ2v) is 6.34. The van der Waals surface area contributed by atoms with Crippen molar-refractivity contribution >= 4 is 33.2 Å². The van der Waals surface area contributed by atoms with E-state index in [2.05, 4.69) is 42.7 Å². The van der Waals surface area contributed by atoms with Gasteiger partial charge in [0.05, 0.1) is 6.54 Å². The molecule has 0 aromatic carbocycles. The predicted octanol–water partition coefficient (Wildman–Crippen LogP) is 3.97. The fraction of sp³-hybridized carbons (Fsp3) is 0.538. The lowest BCUT2D eigenvalue weighted by Gasteiger charge is -2.34. The van der Waals surface area contributed by atoms with Gasteiger partial charge in [-0.2, -0.15) is 0 Å². The molecule has 0 fully saturated rings. The summed E-state index contributed by atoms with van der Waals surface area (Å²) in [6, 6.07) is 1.96. The molecule has 0 aliphatic rings. The normalized spacial score (nSPS) is 12.6. The van der Waals surface area contributed by atoms with Crippen LogP contribution in [0.2, 0.25) is 5.15 Å². The number of thiophene rings is 1. The lowest BCUT2D eigenvalue weighted by atomic mass is 10.0. The van der Waals surface area contributed by atoms with Crippen LogP contribution in [-0.4, -0.2) is 27.5 Å². The smallest absolute Gasteiger partial charge is 0.145 e. The van der Waals surface area contributed by atoms with Crippen LogP contribution in [0.15, 0.2) is 11.4 Å². The Balaban J connectivity index is 2.27. The fourth-order valence-corrected chi connectivity index (χ4v) is 2.72. The highest BCUT2D eigenvalue weighted by molar-refractivity contribution is 7.16. The van der Waals surface area contributed by atoms with Crippen LogP contribution in [0, 0.1) is 0 Å². The minimum atomic E-state index is 0.139. The second kappa shape index (κ2) is 5.11. The van der Waals surface area contributed by atoms with Gasteiger partial charge in [-0.25, -0.2) is 9.97 Å². The molecule has 0 aliphatic heterocycles. The molecule has 0 amide bonds. The summed E-state index contributed by atoms with van der Waals surface area (Å²) >= 11 is 7.77. The largest absolute Gasteiger partial charge is 0.294 e. The predicted molar refractivity (Wildman–Crippen MR) is 78.3 cm³/mol. The molecule has 2 rings (SSSR count). The maximum absolute atomic E-state index is 6.17. The molecular formula is C13H18ClN3S. The van der Waals surface area contributed by atoms with Crippen molar-refractivity contribution in [3.05, 3.63) is 22.4 Å². The highest BCUT2D eigenvalue weighted by atomic mass is 35.5. The molecule has 3 nitrogen and oxygen atoms in total. The van der Waals surface area contributed by atoms with Gasteiger partial charge in [0, 0.05) is 10.9 Å². The van der Waals surface area contributed by atoms with Gasteiger partial charge in [-0.1, -0.05) is 18.5 Å². The first-order valence-corrected chi connectivity index (χ1v) is 7.30. The average Bonchev–Trinajstić information content (AvgIpc) is 2.77. The van der Waals surface area contributed by atoms with Crippen LogP contribution >= 0.6 is 22.9 Å². The van der Waals surface area contributed by atoms with Crippen molar-refractivity contribution in [3.8, 4) is 0 Å². The van der Waals surface area contributed by atoms with Crippen molar-refractivity contribution < 1.29 is 0 Å². The van der Waals surface area contributed by atoms with Crippen LogP contribution in [0.25, 0.3) is 10.2 Å². The summed E-state index contributed by atoms with van der Waals surface area (Å²) in [5.74, 6) is 0.791. The molecule has 0 N–H and O–H groups in total. The van der Waals surface area contributed by atoms with Gasteiger partial charge in [0.25, 0.3) is 0 Å². The molecule has 0 unspecified atom stereocenters. The second-order valence-electron chi connectivity index (χ2n) is 5.09. The molecule has 2 heterocycles. The molecule has 2 aromatic heterocycles. The zero-order valence-electron chi connectivity index (χ0n) is 11.2. The van der Waals surface area contributed by atoms with Crippen molar-refractivity contribution in [1.82, 2.24) is 14.9 Å². The molecule has 0 saturated heterocycles. The molecule has 0 saturated carbocycles. The van der Waals surface area contributed by atoms with Crippen LogP contribution < -0.4 is 0 Å². The highest BCUT2D eigenvalue weighted by Gasteiger charge is 2.22. The summed E-state index contributed by atoms with van der Waals surface area (Å²) in [5.41, 5.74) is 0.139. The summed E-state index contributed by atoms with van der Waals surface area (Å²) in [6.07, 6.45) is 1.08. The first-order valence-electron chi connectivity index (χ1n) is 6.05. The lowest BCUT2D eigenvalue weighted by Crippen LogP contribution is -2.40. The van der Waals surface area contributed by atoms with Gasteiger partial charge in [-0.05, 0) is 38.8 Å². The number of fused-ring (bicyclic) bond motifs is 1. The topological polar surface area (TPSA) is 29.0 Å². The first-order chi connectivity index (χ1) is 8.44. The van der Waals surface area contributed by atoms with E-state index < -0.39 is 0 Å². The zero-order chi connectivity index (χ0) is 13.3. The minimum absolute atomic E-state index is 0.139. The van der Waals surface area contributed by atoms with E-state index >= 15 is 0 Å². The maximum Gasteiger partial charge on any atom is 0.145 e. The Morgan fingerprint density at radius 3 is 2.78 bits per heavy atom. The summed E-state index contributed by atoms with van der Waals surface area (Å²) in [6.45, 7) is 7.34. The number of hydrogen-bond acceptors (Lipinski definition) is 4. The molecule has 0 bridgehead atoms. The number of hydrogen-bond donors (Lipinski definition) is 0. The molecular weight excluding hydrogens is 266 g/mol. The van der Waals surface area contributed by atoms with E-state index in [0.717, 1.165) is 22.5 Å².